The van der Waals surface area contributed by atoms with Crippen molar-refractivity contribution >= 4 is 50.4 Å². The van der Waals surface area contributed by atoms with Gasteiger partial charge in [-0.1, -0.05) is 84.9 Å². The maximum absolute atomic E-state index is 3.56. The summed E-state index contributed by atoms with van der Waals surface area (Å²) in [5.74, 6) is 0.574. The van der Waals surface area contributed by atoms with Gasteiger partial charge in [-0.2, -0.15) is 0 Å². The quantitative estimate of drug-likeness (QED) is 0.294. The average Bonchev–Trinajstić information content (AvgIpc) is 2.79. The van der Waals surface area contributed by atoms with E-state index in [0.717, 1.165) is 13.0 Å². The van der Waals surface area contributed by atoms with Crippen molar-refractivity contribution in [3.05, 3.63) is 102 Å². The molecule has 30 heavy (non-hydrogen) atoms. The van der Waals surface area contributed by atoms with Crippen molar-refractivity contribution in [3.8, 4) is 0 Å². The number of hydrogen-bond acceptors (Lipinski definition) is 1. The van der Waals surface area contributed by atoms with Crippen LogP contribution in [0.1, 0.15) is 23.5 Å². The van der Waals surface area contributed by atoms with Gasteiger partial charge in [-0.3, -0.25) is 0 Å². The summed E-state index contributed by atoms with van der Waals surface area (Å²) >= 11 is 0. The van der Waals surface area contributed by atoms with E-state index in [-0.39, 0.29) is 12.4 Å². The van der Waals surface area contributed by atoms with Gasteiger partial charge < -0.3 is 5.32 Å². The number of halogens is 1. The number of fused-ring (bicyclic) bond motifs is 6. The highest BCUT2D eigenvalue weighted by atomic mass is 35.5. The van der Waals surface area contributed by atoms with Crippen LogP contribution in [0.15, 0.2) is 91.0 Å². The molecule has 1 nitrogen and oxygen atoms in total. The molecule has 5 aromatic carbocycles. The fraction of sp³-hybridized carbons (Fsp3) is 0.143. The zero-order valence-corrected chi connectivity index (χ0v) is 17.6. The van der Waals surface area contributed by atoms with Crippen molar-refractivity contribution < 1.29 is 0 Å². The van der Waals surface area contributed by atoms with Gasteiger partial charge in [0.25, 0.3) is 0 Å². The first kappa shape index (κ1) is 19.0. The highest BCUT2D eigenvalue weighted by molar-refractivity contribution is 6.17. The molecule has 0 radical (unpaired) electrons. The first-order chi connectivity index (χ1) is 14.4. The largest absolute Gasteiger partial charge is 0.385 e. The van der Waals surface area contributed by atoms with Crippen LogP contribution in [0.25, 0.3) is 32.3 Å². The van der Waals surface area contributed by atoms with Gasteiger partial charge in [0.2, 0.25) is 0 Å². The van der Waals surface area contributed by atoms with E-state index >= 15 is 0 Å². The molecule has 0 spiro atoms. The summed E-state index contributed by atoms with van der Waals surface area (Å²) in [6.07, 6.45) is 2.28. The van der Waals surface area contributed by atoms with E-state index in [2.05, 4.69) is 96.3 Å². The van der Waals surface area contributed by atoms with Gasteiger partial charge in [-0.25, -0.2) is 0 Å². The molecule has 0 aliphatic carbocycles. The Hall–Kier alpha value is -3.03. The van der Waals surface area contributed by atoms with E-state index in [0.29, 0.717) is 5.92 Å². The molecule has 148 valence electrons. The second kappa shape index (κ2) is 7.66. The fourth-order valence-corrected chi connectivity index (χ4v) is 5.13. The summed E-state index contributed by atoms with van der Waals surface area (Å²) in [6, 6.07) is 33.5. The molecule has 0 fully saturated rings. The van der Waals surface area contributed by atoms with Crippen LogP contribution in [0.5, 0.6) is 0 Å². The number of para-hydroxylation sites is 1. The Labute approximate surface area is 183 Å². The van der Waals surface area contributed by atoms with Crippen LogP contribution in [0.4, 0.5) is 5.69 Å². The van der Waals surface area contributed by atoms with Crippen LogP contribution in [0.3, 0.4) is 0 Å². The summed E-state index contributed by atoms with van der Waals surface area (Å²) in [4.78, 5) is 0. The van der Waals surface area contributed by atoms with Gasteiger partial charge in [0, 0.05) is 12.2 Å². The average molecular weight is 410 g/mol. The Kier molecular flexibility index (Phi) is 4.84. The summed E-state index contributed by atoms with van der Waals surface area (Å²) < 4.78 is 0. The third kappa shape index (κ3) is 3.02. The molecule has 0 amide bonds. The molecule has 0 bridgehead atoms. The van der Waals surface area contributed by atoms with Crippen LogP contribution in [0, 0.1) is 0 Å². The lowest BCUT2D eigenvalue weighted by atomic mass is 9.84. The number of hydrogen-bond donors (Lipinski definition) is 1. The lowest BCUT2D eigenvalue weighted by Gasteiger charge is -2.27. The molecule has 1 heterocycles. The summed E-state index contributed by atoms with van der Waals surface area (Å²) in [5.41, 5.74) is 4.22. The maximum Gasteiger partial charge on any atom is 0.0375 e. The minimum Gasteiger partial charge on any atom is -0.385 e. The molecular formula is C28H24ClN. The topological polar surface area (TPSA) is 12.0 Å². The molecule has 0 saturated carbocycles. The Balaban J connectivity index is 0.00000193. The first-order valence-electron chi connectivity index (χ1n) is 10.5. The Morgan fingerprint density at radius 1 is 0.633 bits per heavy atom. The van der Waals surface area contributed by atoms with E-state index < -0.39 is 0 Å². The van der Waals surface area contributed by atoms with Crippen LogP contribution in [-0.4, -0.2) is 6.54 Å². The molecule has 0 saturated heterocycles. The molecule has 1 unspecified atom stereocenters. The molecule has 5 aromatic rings. The van der Waals surface area contributed by atoms with E-state index in [4.69, 9.17) is 0 Å². The predicted octanol–water partition coefficient (Wildman–Crippen LogP) is 7.71. The van der Waals surface area contributed by atoms with Crippen molar-refractivity contribution in [2.24, 2.45) is 0 Å². The summed E-state index contributed by atoms with van der Waals surface area (Å²) in [6.45, 7) is 1.06. The Morgan fingerprint density at radius 3 is 2.30 bits per heavy atom. The van der Waals surface area contributed by atoms with Gasteiger partial charge in [0.1, 0.15) is 0 Å². The van der Waals surface area contributed by atoms with Crippen molar-refractivity contribution in [1.29, 1.82) is 0 Å². The smallest absolute Gasteiger partial charge is 0.0375 e. The highest BCUT2D eigenvalue weighted by Gasteiger charge is 2.20. The van der Waals surface area contributed by atoms with E-state index in [1.807, 2.05) is 0 Å². The lowest BCUT2D eigenvalue weighted by Crippen LogP contribution is -2.18. The van der Waals surface area contributed by atoms with Gasteiger partial charge in [-0.05, 0) is 68.3 Å². The molecule has 1 N–H and O–H groups in total. The molecule has 0 aromatic heterocycles. The number of rotatable bonds is 2. The second-order valence-corrected chi connectivity index (χ2v) is 8.16. The molecule has 1 atom stereocenters. The van der Waals surface area contributed by atoms with Crippen molar-refractivity contribution in [2.45, 2.75) is 18.8 Å². The van der Waals surface area contributed by atoms with Gasteiger partial charge in [0.15, 0.2) is 0 Å². The van der Waals surface area contributed by atoms with Gasteiger partial charge >= 0.3 is 0 Å². The second-order valence-electron chi connectivity index (χ2n) is 8.16. The SMILES string of the molecule is Cl.c1ccc2c(c1)NCCC2Cc1cccc2c1ccc1c3ccccc3ccc21. The maximum atomic E-state index is 3.56. The zero-order chi connectivity index (χ0) is 19.2. The van der Waals surface area contributed by atoms with E-state index in [1.165, 1.54) is 55.6 Å². The fourth-order valence-electron chi connectivity index (χ4n) is 5.13. The first-order valence-corrected chi connectivity index (χ1v) is 10.5. The third-order valence-electron chi connectivity index (χ3n) is 6.55. The number of benzene rings is 5. The van der Waals surface area contributed by atoms with Crippen LogP contribution in [-0.2, 0) is 6.42 Å². The molecule has 1 aliphatic rings. The van der Waals surface area contributed by atoms with Gasteiger partial charge in [-0.15, -0.1) is 12.4 Å². The third-order valence-corrected chi connectivity index (χ3v) is 6.55. The minimum atomic E-state index is 0. The zero-order valence-electron chi connectivity index (χ0n) is 16.8. The van der Waals surface area contributed by atoms with Gasteiger partial charge in [0.05, 0.1) is 0 Å². The normalized spacial score (nSPS) is 15.5. The van der Waals surface area contributed by atoms with Crippen molar-refractivity contribution in [1.82, 2.24) is 0 Å². The lowest BCUT2D eigenvalue weighted by molar-refractivity contribution is 0.626. The molecule has 1 aliphatic heterocycles. The highest BCUT2D eigenvalue weighted by Crippen LogP contribution is 2.37. The monoisotopic (exact) mass is 409 g/mol. The summed E-state index contributed by atoms with van der Waals surface area (Å²) in [7, 11) is 0. The summed E-state index contributed by atoms with van der Waals surface area (Å²) in [5, 5.41) is 11.7. The van der Waals surface area contributed by atoms with Crippen LogP contribution < -0.4 is 5.32 Å². The van der Waals surface area contributed by atoms with Crippen molar-refractivity contribution in [2.75, 3.05) is 11.9 Å². The number of nitrogens with one attached hydrogen (secondary N) is 1. The standard InChI is InChI=1S/C28H23N.ClH/c1-2-8-22-19(6-1)12-13-27-25-10-5-7-20(23(25)14-15-26(22)27)18-21-16-17-29-28-11-4-3-9-24(21)28;/h1-15,21,29H,16-18H2;1H. The Morgan fingerprint density at radius 2 is 1.33 bits per heavy atom. The van der Waals surface area contributed by atoms with Crippen LogP contribution >= 0.6 is 12.4 Å². The minimum absolute atomic E-state index is 0. The van der Waals surface area contributed by atoms with Crippen molar-refractivity contribution in [3.63, 3.8) is 0 Å². The molecule has 2 heteroatoms. The number of anilines is 1. The molecule has 6 rings (SSSR count). The van der Waals surface area contributed by atoms with Crippen LogP contribution in [0.2, 0.25) is 0 Å². The predicted molar refractivity (Wildman–Crippen MR) is 132 cm³/mol. The Bertz CT molecular complexity index is 1370. The van der Waals surface area contributed by atoms with E-state index in [9.17, 15) is 0 Å². The van der Waals surface area contributed by atoms with E-state index in [1.54, 1.807) is 0 Å². The molecular weight excluding hydrogens is 386 g/mol.